The molecular weight excluding hydrogens is 392 g/mol. The molecule has 0 N–H and O–H groups in total. The van der Waals surface area contributed by atoms with Crippen LogP contribution in [0.25, 0.3) is 11.0 Å². The maximum Gasteiger partial charge on any atom is 0.230 e. The van der Waals surface area contributed by atoms with E-state index >= 15 is 0 Å². The number of hydrogen-bond donors (Lipinski definition) is 0. The first-order valence-corrected chi connectivity index (χ1v) is 10.9. The minimum atomic E-state index is 0.390. The van der Waals surface area contributed by atoms with Gasteiger partial charge in [0.2, 0.25) is 11.8 Å². The molecule has 1 atom stereocenters. The van der Waals surface area contributed by atoms with E-state index in [4.69, 9.17) is 19.4 Å². The number of rotatable bonds is 4. The first-order valence-electron chi connectivity index (χ1n) is 10.9. The number of nitrogens with zero attached hydrogens (tertiary/aromatic N) is 6. The van der Waals surface area contributed by atoms with Crippen LogP contribution in [0.3, 0.4) is 0 Å². The molecule has 2 aliphatic rings. The van der Waals surface area contributed by atoms with Crippen molar-refractivity contribution in [1.29, 1.82) is 0 Å². The van der Waals surface area contributed by atoms with Gasteiger partial charge in [0.25, 0.3) is 0 Å². The molecule has 1 saturated carbocycles. The van der Waals surface area contributed by atoms with Crippen molar-refractivity contribution in [1.82, 2.24) is 24.7 Å². The van der Waals surface area contributed by atoms with E-state index < -0.39 is 0 Å². The summed E-state index contributed by atoms with van der Waals surface area (Å²) in [4.78, 5) is 16.3. The molecule has 8 heteroatoms. The lowest BCUT2D eigenvalue weighted by Gasteiger charge is -2.27. The Hall–Kier alpha value is -2.74. The molecule has 1 unspecified atom stereocenters. The molecule has 2 fully saturated rings. The Morgan fingerprint density at radius 1 is 1.16 bits per heavy atom. The maximum absolute atomic E-state index is 6.16. The van der Waals surface area contributed by atoms with Gasteiger partial charge in [-0.25, -0.2) is 4.98 Å². The average molecular weight is 425 g/mol. The molecule has 5 rings (SSSR count). The predicted octanol–water partition coefficient (Wildman–Crippen LogP) is 3.32. The summed E-state index contributed by atoms with van der Waals surface area (Å²) in [5.74, 6) is 1.95. The molecule has 0 radical (unpaired) electrons. The van der Waals surface area contributed by atoms with Crippen molar-refractivity contribution in [2.45, 2.75) is 34.1 Å². The average Bonchev–Trinajstić information content (AvgIpc) is 3.09. The SMILES string of the molecule is Cc1cc2c(OCC3CC3(C)C)nc(N3CCOCC3)nc2nc1C.Cn1cccn1. The number of hydrogen-bond acceptors (Lipinski definition) is 7. The standard InChI is InChI=1S/C19H26N4O2.C4H6N2/c1-12-9-15-16(20-13(12)2)21-18(23-5-7-24-8-6-23)22-17(15)25-11-14-10-19(14,3)4;1-6-4-2-3-5-6/h9,14H,5-8,10-11H2,1-4H3;2-4H,1H3. The fourth-order valence-corrected chi connectivity index (χ4v) is 3.61. The Balaban J connectivity index is 0.000000334. The van der Waals surface area contributed by atoms with Crippen molar-refractivity contribution >= 4 is 17.0 Å². The Kier molecular flexibility index (Phi) is 6.09. The first-order chi connectivity index (χ1) is 14.8. The number of pyridine rings is 1. The van der Waals surface area contributed by atoms with Crippen molar-refractivity contribution < 1.29 is 9.47 Å². The first kappa shape index (κ1) is 21.5. The summed E-state index contributed by atoms with van der Waals surface area (Å²) < 4.78 is 13.3. The van der Waals surface area contributed by atoms with Crippen LogP contribution < -0.4 is 9.64 Å². The van der Waals surface area contributed by atoms with E-state index in [1.165, 1.54) is 6.42 Å². The molecule has 1 aliphatic heterocycles. The molecule has 4 heterocycles. The van der Waals surface area contributed by atoms with Gasteiger partial charge in [-0.3, -0.25) is 4.68 Å². The van der Waals surface area contributed by atoms with Gasteiger partial charge in [0.15, 0.2) is 5.65 Å². The third-order valence-corrected chi connectivity index (χ3v) is 6.15. The van der Waals surface area contributed by atoms with Crippen LogP contribution in [0, 0.1) is 25.2 Å². The smallest absolute Gasteiger partial charge is 0.230 e. The van der Waals surface area contributed by atoms with Crippen LogP contribution >= 0.6 is 0 Å². The second-order valence-corrected chi connectivity index (χ2v) is 9.07. The van der Waals surface area contributed by atoms with Crippen molar-refractivity contribution in [3.63, 3.8) is 0 Å². The number of fused-ring (bicyclic) bond motifs is 1. The minimum Gasteiger partial charge on any atom is -0.477 e. The molecule has 3 aromatic rings. The Morgan fingerprint density at radius 2 is 1.90 bits per heavy atom. The van der Waals surface area contributed by atoms with Crippen molar-refractivity contribution in [3.05, 3.63) is 35.8 Å². The summed E-state index contributed by atoms with van der Waals surface area (Å²) in [6.07, 6.45) is 4.85. The second kappa shape index (κ2) is 8.78. The molecule has 0 spiro atoms. The van der Waals surface area contributed by atoms with Gasteiger partial charge in [0.1, 0.15) is 0 Å². The highest BCUT2D eigenvalue weighted by molar-refractivity contribution is 5.82. The van der Waals surface area contributed by atoms with Crippen LogP contribution in [0.1, 0.15) is 31.5 Å². The Morgan fingerprint density at radius 3 is 2.48 bits per heavy atom. The summed E-state index contributed by atoms with van der Waals surface area (Å²) in [6, 6.07) is 3.98. The van der Waals surface area contributed by atoms with E-state index in [0.717, 1.165) is 29.7 Å². The van der Waals surface area contributed by atoms with Crippen LogP contribution in [0.5, 0.6) is 5.88 Å². The van der Waals surface area contributed by atoms with E-state index in [1.807, 2.05) is 26.2 Å². The van der Waals surface area contributed by atoms with Gasteiger partial charge in [0, 0.05) is 38.2 Å². The summed E-state index contributed by atoms with van der Waals surface area (Å²) >= 11 is 0. The number of aromatic nitrogens is 5. The van der Waals surface area contributed by atoms with Gasteiger partial charge in [-0.2, -0.15) is 15.1 Å². The zero-order valence-electron chi connectivity index (χ0n) is 19.1. The van der Waals surface area contributed by atoms with Crippen LogP contribution in [0.4, 0.5) is 5.95 Å². The maximum atomic E-state index is 6.16. The van der Waals surface area contributed by atoms with E-state index in [9.17, 15) is 0 Å². The summed E-state index contributed by atoms with van der Waals surface area (Å²) in [7, 11) is 1.89. The van der Waals surface area contributed by atoms with Gasteiger partial charge in [-0.15, -0.1) is 0 Å². The summed E-state index contributed by atoms with van der Waals surface area (Å²) in [6.45, 7) is 12.3. The summed E-state index contributed by atoms with van der Waals surface area (Å²) in [5.41, 5.74) is 3.23. The second-order valence-electron chi connectivity index (χ2n) is 9.07. The third kappa shape index (κ3) is 5.12. The fourth-order valence-electron chi connectivity index (χ4n) is 3.61. The number of morpholine rings is 1. The lowest BCUT2D eigenvalue weighted by atomic mass is 10.1. The molecule has 3 aromatic heterocycles. The van der Waals surface area contributed by atoms with Crippen LogP contribution in [0.15, 0.2) is 24.5 Å². The Labute approximate surface area is 183 Å². The van der Waals surface area contributed by atoms with Gasteiger partial charge in [0.05, 0.1) is 25.2 Å². The van der Waals surface area contributed by atoms with Gasteiger partial charge in [-0.1, -0.05) is 13.8 Å². The van der Waals surface area contributed by atoms with Crippen LogP contribution in [-0.2, 0) is 11.8 Å². The minimum absolute atomic E-state index is 0.390. The normalized spacial score (nSPS) is 19.6. The monoisotopic (exact) mass is 424 g/mol. The quantitative estimate of drug-likeness (QED) is 0.636. The lowest BCUT2D eigenvalue weighted by molar-refractivity contribution is 0.122. The van der Waals surface area contributed by atoms with Crippen molar-refractivity contribution in [2.24, 2.45) is 18.4 Å². The van der Waals surface area contributed by atoms with Gasteiger partial charge < -0.3 is 14.4 Å². The molecule has 1 aliphatic carbocycles. The zero-order valence-corrected chi connectivity index (χ0v) is 19.1. The van der Waals surface area contributed by atoms with E-state index in [-0.39, 0.29) is 0 Å². The highest BCUT2D eigenvalue weighted by atomic mass is 16.5. The molecule has 8 nitrogen and oxygen atoms in total. The third-order valence-electron chi connectivity index (χ3n) is 6.15. The van der Waals surface area contributed by atoms with E-state index in [2.05, 4.69) is 41.8 Å². The highest BCUT2D eigenvalue weighted by Gasteiger charge is 2.46. The molecule has 166 valence electrons. The lowest BCUT2D eigenvalue weighted by Crippen LogP contribution is -2.37. The van der Waals surface area contributed by atoms with E-state index in [0.29, 0.717) is 48.6 Å². The number of aryl methyl sites for hydroxylation is 3. The van der Waals surface area contributed by atoms with Crippen LogP contribution in [0.2, 0.25) is 0 Å². The van der Waals surface area contributed by atoms with Gasteiger partial charge in [-0.05, 0) is 49.3 Å². The van der Waals surface area contributed by atoms with Gasteiger partial charge >= 0.3 is 0 Å². The molecule has 0 amide bonds. The van der Waals surface area contributed by atoms with E-state index in [1.54, 1.807) is 10.9 Å². The van der Waals surface area contributed by atoms with Crippen molar-refractivity contribution in [2.75, 3.05) is 37.8 Å². The zero-order chi connectivity index (χ0) is 22.0. The topological polar surface area (TPSA) is 78.2 Å². The molecule has 0 bridgehead atoms. The highest BCUT2D eigenvalue weighted by Crippen LogP contribution is 2.51. The number of ether oxygens (including phenoxy) is 2. The fraction of sp³-hybridized carbons (Fsp3) is 0.565. The van der Waals surface area contributed by atoms with Crippen molar-refractivity contribution in [3.8, 4) is 5.88 Å². The largest absolute Gasteiger partial charge is 0.477 e. The predicted molar refractivity (Wildman–Crippen MR) is 120 cm³/mol. The summed E-state index contributed by atoms with van der Waals surface area (Å²) in [5, 5.41) is 4.73. The molecule has 1 saturated heterocycles. The Bertz CT molecular complexity index is 1030. The molecular formula is C23H32N6O2. The van der Waals surface area contributed by atoms with Crippen LogP contribution in [-0.4, -0.2) is 57.6 Å². The number of anilines is 1. The molecule has 31 heavy (non-hydrogen) atoms. The molecule has 0 aromatic carbocycles.